The van der Waals surface area contributed by atoms with Crippen LogP contribution in [0.25, 0.3) is 11.1 Å². The number of halogens is 2. The fourth-order valence-corrected chi connectivity index (χ4v) is 2.52. The van der Waals surface area contributed by atoms with E-state index >= 15 is 0 Å². The number of nitriles is 2. The average molecular weight is 349 g/mol. The molecule has 1 aromatic carbocycles. The van der Waals surface area contributed by atoms with E-state index in [0.717, 1.165) is 12.1 Å². The Labute approximate surface area is 126 Å². The van der Waals surface area contributed by atoms with E-state index in [2.05, 4.69) is 20.9 Å². The first-order chi connectivity index (χ1) is 9.90. The first-order valence-electron chi connectivity index (χ1n) is 5.45. The molecule has 1 heterocycles. The molecule has 0 saturated carbocycles. The second kappa shape index (κ2) is 5.27. The van der Waals surface area contributed by atoms with Crippen LogP contribution in [0.15, 0.2) is 21.4 Å². The van der Waals surface area contributed by atoms with E-state index < -0.39 is 22.7 Å². The monoisotopic (exact) mass is 348 g/mol. The van der Waals surface area contributed by atoms with Gasteiger partial charge in [-0.05, 0) is 22.0 Å². The molecule has 0 aliphatic carbocycles. The Morgan fingerprint density at radius 3 is 2.38 bits per heavy atom. The number of benzene rings is 1. The third-order valence-electron chi connectivity index (χ3n) is 2.75. The van der Waals surface area contributed by atoms with Gasteiger partial charge >= 0.3 is 0 Å². The van der Waals surface area contributed by atoms with Gasteiger partial charge in [0.1, 0.15) is 40.6 Å². The number of phenolic OH excluding ortho intramolecular Hbond substituents is 1. The van der Waals surface area contributed by atoms with Gasteiger partial charge in [0.05, 0.1) is 0 Å². The van der Waals surface area contributed by atoms with E-state index in [-0.39, 0.29) is 27.0 Å². The minimum absolute atomic E-state index is 0.0534. The molecule has 0 aliphatic rings. The predicted molar refractivity (Wildman–Crippen MR) is 75.7 cm³/mol. The van der Waals surface area contributed by atoms with E-state index in [0.29, 0.717) is 0 Å². The maximum atomic E-state index is 13.2. The molecule has 0 aliphatic heterocycles. The lowest BCUT2D eigenvalue weighted by atomic mass is 9.96. The van der Waals surface area contributed by atoms with Crippen LogP contribution in [0.1, 0.15) is 11.1 Å². The Morgan fingerprint density at radius 1 is 1.24 bits per heavy atom. The van der Waals surface area contributed by atoms with Gasteiger partial charge in [-0.15, -0.1) is 0 Å². The number of nitrogen functional groups attached to an aromatic ring is 1. The van der Waals surface area contributed by atoms with Gasteiger partial charge < -0.3 is 15.8 Å². The zero-order chi connectivity index (χ0) is 15.7. The van der Waals surface area contributed by atoms with Crippen LogP contribution < -0.4 is 11.3 Å². The van der Waals surface area contributed by atoms with Crippen molar-refractivity contribution >= 4 is 21.7 Å². The normalized spacial score (nSPS) is 9.90. The molecule has 1 aromatic heterocycles. The van der Waals surface area contributed by atoms with Crippen LogP contribution in [-0.4, -0.2) is 10.1 Å². The Kier molecular flexibility index (Phi) is 3.66. The highest BCUT2D eigenvalue weighted by molar-refractivity contribution is 9.10. The zero-order valence-corrected chi connectivity index (χ0v) is 11.8. The number of anilines is 1. The summed E-state index contributed by atoms with van der Waals surface area (Å²) in [6, 6.07) is 5.26. The zero-order valence-electron chi connectivity index (χ0n) is 10.2. The minimum atomic E-state index is -0.806. The molecule has 0 atom stereocenters. The first kappa shape index (κ1) is 14.6. The fraction of sp³-hybridized carbons (Fsp3) is 0. The van der Waals surface area contributed by atoms with Crippen molar-refractivity contribution in [2.45, 2.75) is 0 Å². The molecule has 0 saturated heterocycles. The van der Waals surface area contributed by atoms with Gasteiger partial charge in [0.25, 0.3) is 5.56 Å². The molecule has 0 unspecified atom stereocenters. The molecule has 2 aromatic rings. The molecular weight excluding hydrogens is 343 g/mol. The summed E-state index contributed by atoms with van der Waals surface area (Å²) in [6.45, 7) is 0. The lowest BCUT2D eigenvalue weighted by molar-refractivity contribution is 0.470. The molecule has 2 rings (SSSR count). The van der Waals surface area contributed by atoms with E-state index in [4.69, 9.17) is 11.0 Å². The lowest BCUT2D eigenvalue weighted by Gasteiger charge is -2.12. The summed E-state index contributed by atoms with van der Waals surface area (Å²) in [7, 11) is 0. The van der Waals surface area contributed by atoms with Crippen LogP contribution in [0, 0.1) is 28.5 Å². The summed E-state index contributed by atoms with van der Waals surface area (Å²) in [4.78, 5) is 14.0. The number of nitrogens with zero attached hydrogens (tertiary/aromatic N) is 2. The Bertz CT molecular complexity index is 870. The van der Waals surface area contributed by atoms with Crippen LogP contribution in [-0.2, 0) is 0 Å². The third kappa shape index (κ3) is 2.33. The molecule has 0 fully saturated rings. The number of aromatic hydroxyl groups is 1. The SMILES string of the molecule is N#Cc1c(N)[nH]c(=O)c(C#N)c1-c1c(O)cc(F)cc1Br. The topological polar surface area (TPSA) is 127 Å². The summed E-state index contributed by atoms with van der Waals surface area (Å²) in [5, 5.41) is 28.2. The molecule has 0 spiro atoms. The number of aromatic nitrogens is 1. The molecule has 0 amide bonds. The second-order valence-corrected chi connectivity index (χ2v) is 4.85. The number of hydrogen-bond acceptors (Lipinski definition) is 5. The molecule has 4 N–H and O–H groups in total. The number of nitrogens with two attached hydrogens (primary N) is 1. The van der Waals surface area contributed by atoms with Crippen molar-refractivity contribution in [3.8, 4) is 29.0 Å². The summed E-state index contributed by atoms with van der Waals surface area (Å²) < 4.78 is 13.3. The van der Waals surface area contributed by atoms with Gasteiger partial charge in [0.2, 0.25) is 0 Å². The van der Waals surface area contributed by atoms with Crippen LogP contribution >= 0.6 is 15.9 Å². The quantitative estimate of drug-likeness (QED) is 0.725. The van der Waals surface area contributed by atoms with Crippen molar-refractivity contribution < 1.29 is 9.50 Å². The maximum Gasteiger partial charge on any atom is 0.268 e. The van der Waals surface area contributed by atoms with Crippen LogP contribution in [0.4, 0.5) is 10.2 Å². The number of phenols is 1. The van der Waals surface area contributed by atoms with Gasteiger partial charge in [0, 0.05) is 21.7 Å². The first-order valence-corrected chi connectivity index (χ1v) is 6.24. The van der Waals surface area contributed by atoms with Crippen molar-refractivity contribution in [3.05, 3.63) is 43.9 Å². The van der Waals surface area contributed by atoms with Crippen molar-refractivity contribution in [3.63, 3.8) is 0 Å². The molecule has 21 heavy (non-hydrogen) atoms. The van der Waals surface area contributed by atoms with Crippen molar-refractivity contribution in [2.24, 2.45) is 0 Å². The van der Waals surface area contributed by atoms with Crippen molar-refractivity contribution in [2.75, 3.05) is 5.73 Å². The summed E-state index contributed by atoms with van der Waals surface area (Å²) in [5.41, 5.74) is 3.97. The minimum Gasteiger partial charge on any atom is -0.507 e. The van der Waals surface area contributed by atoms with Crippen LogP contribution in [0.2, 0.25) is 0 Å². The smallest absolute Gasteiger partial charge is 0.268 e. The molecule has 6 nitrogen and oxygen atoms in total. The van der Waals surface area contributed by atoms with Gasteiger partial charge in [-0.3, -0.25) is 4.79 Å². The molecule has 0 bridgehead atoms. The molecule has 0 radical (unpaired) electrons. The Balaban J connectivity index is 3.05. The summed E-state index contributed by atoms with van der Waals surface area (Å²) in [6.07, 6.45) is 0. The van der Waals surface area contributed by atoms with E-state index in [9.17, 15) is 19.6 Å². The number of pyridine rings is 1. The van der Waals surface area contributed by atoms with Gasteiger partial charge in [0.15, 0.2) is 0 Å². The number of aromatic amines is 1. The summed E-state index contributed by atoms with van der Waals surface area (Å²) >= 11 is 3.04. The van der Waals surface area contributed by atoms with Gasteiger partial charge in [-0.1, -0.05) is 0 Å². The molecule has 104 valence electrons. The van der Waals surface area contributed by atoms with E-state index in [1.807, 2.05) is 0 Å². The number of hydrogen-bond donors (Lipinski definition) is 3. The maximum absolute atomic E-state index is 13.2. The van der Waals surface area contributed by atoms with E-state index in [1.54, 1.807) is 12.1 Å². The predicted octanol–water partition coefficient (Wildman–Crippen LogP) is 1.97. The summed E-state index contributed by atoms with van der Waals surface area (Å²) in [5.74, 6) is -1.50. The van der Waals surface area contributed by atoms with Crippen LogP contribution in [0.3, 0.4) is 0 Å². The highest BCUT2D eigenvalue weighted by Crippen LogP contribution is 2.40. The van der Waals surface area contributed by atoms with Crippen molar-refractivity contribution in [1.29, 1.82) is 10.5 Å². The van der Waals surface area contributed by atoms with E-state index in [1.165, 1.54) is 0 Å². The highest BCUT2D eigenvalue weighted by atomic mass is 79.9. The largest absolute Gasteiger partial charge is 0.507 e. The Morgan fingerprint density at radius 2 is 1.86 bits per heavy atom. The lowest BCUT2D eigenvalue weighted by Crippen LogP contribution is -2.16. The van der Waals surface area contributed by atoms with Gasteiger partial charge in [-0.2, -0.15) is 10.5 Å². The second-order valence-electron chi connectivity index (χ2n) is 4.00. The molecular formula is C13H6BrFN4O2. The van der Waals surface area contributed by atoms with Gasteiger partial charge in [-0.25, -0.2) is 4.39 Å². The average Bonchev–Trinajstić information content (AvgIpc) is 2.37. The Hall–Kier alpha value is -2.84. The number of nitrogens with one attached hydrogen (secondary N) is 1. The fourth-order valence-electron chi connectivity index (χ4n) is 1.90. The standard InChI is InChI=1S/C13H6BrFN4O2/c14-8-1-5(15)2-9(20)11(8)10-6(3-16)12(18)19-13(21)7(10)4-17/h1-2,20H,(H3,18,19,21). The number of rotatable bonds is 1. The third-order valence-corrected chi connectivity index (χ3v) is 3.38. The van der Waals surface area contributed by atoms with Crippen molar-refractivity contribution in [1.82, 2.24) is 4.98 Å². The van der Waals surface area contributed by atoms with Crippen LogP contribution in [0.5, 0.6) is 5.75 Å². The number of H-pyrrole nitrogens is 1. The highest BCUT2D eigenvalue weighted by Gasteiger charge is 2.23. The molecule has 8 heteroatoms.